The summed E-state index contributed by atoms with van der Waals surface area (Å²) in [7, 11) is 0. The van der Waals surface area contributed by atoms with Crippen molar-refractivity contribution in [2.24, 2.45) is 0 Å². The second kappa shape index (κ2) is 6.37. The maximum atomic E-state index is 6.11. The van der Waals surface area contributed by atoms with E-state index in [0.29, 0.717) is 12.0 Å². The van der Waals surface area contributed by atoms with Gasteiger partial charge in [0.05, 0.1) is 16.8 Å². The van der Waals surface area contributed by atoms with Crippen molar-refractivity contribution in [3.63, 3.8) is 0 Å². The first-order valence-corrected chi connectivity index (χ1v) is 9.26. The van der Waals surface area contributed by atoms with E-state index in [-0.39, 0.29) is 6.04 Å². The van der Waals surface area contributed by atoms with Gasteiger partial charge in [0.25, 0.3) is 0 Å². The van der Waals surface area contributed by atoms with Crippen LogP contribution in [0.15, 0.2) is 28.1 Å². The van der Waals surface area contributed by atoms with Gasteiger partial charge >= 0.3 is 0 Å². The first-order valence-electron chi connectivity index (χ1n) is 7.21. The zero-order valence-corrected chi connectivity index (χ0v) is 15.2. The quantitative estimate of drug-likeness (QED) is 0.732. The molecule has 1 atom stereocenters. The van der Waals surface area contributed by atoms with Crippen LogP contribution in [0.25, 0.3) is 0 Å². The minimum absolute atomic E-state index is 0.156. The molecule has 0 radical (unpaired) electrons. The number of halogens is 2. The van der Waals surface area contributed by atoms with Gasteiger partial charge in [-0.2, -0.15) is 0 Å². The molecule has 21 heavy (non-hydrogen) atoms. The molecule has 1 N–H and O–H groups in total. The Labute approximate surface area is 143 Å². The molecule has 1 aliphatic carbocycles. The molecule has 0 saturated heterocycles. The first-order chi connectivity index (χ1) is 10.0. The normalized spacial score (nSPS) is 16.4. The Morgan fingerprint density at radius 1 is 1.38 bits per heavy atom. The molecular weight excluding hydrogens is 368 g/mol. The maximum absolute atomic E-state index is 6.11. The summed E-state index contributed by atoms with van der Waals surface area (Å²) in [6, 6.07) is 6.90. The Hall–Kier alpha value is -0.420. The molecule has 1 aliphatic rings. The smallest absolute Gasteiger partial charge is 0.114 e. The first kappa shape index (κ1) is 15.5. The highest BCUT2D eigenvalue weighted by molar-refractivity contribution is 9.10. The summed E-state index contributed by atoms with van der Waals surface area (Å²) in [6.07, 6.45) is 2.52. The van der Waals surface area contributed by atoms with E-state index in [9.17, 15) is 0 Å². The number of nitrogens with zero attached hydrogens (tertiary/aromatic N) is 1. The summed E-state index contributed by atoms with van der Waals surface area (Å²) in [5.41, 5.74) is 2.38. The predicted octanol–water partition coefficient (Wildman–Crippen LogP) is 5.52. The van der Waals surface area contributed by atoms with Crippen molar-refractivity contribution in [1.82, 2.24) is 10.3 Å². The molecule has 112 valence electrons. The Balaban J connectivity index is 1.93. The van der Waals surface area contributed by atoms with Crippen LogP contribution < -0.4 is 5.32 Å². The van der Waals surface area contributed by atoms with Crippen molar-refractivity contribution in [2.45, 2.75) is 44.7 Å². The fourth-order valence-electron chi connectivity index (χ4n) is 2.19. The van der Waals surface area contributed by atoms with Gasteiger partial charge in [0.1, 0.15) is 5.01 Å². The lowest BCUT2D eigenvalue weighted by atomic mass is 10.1. The van der Waals surface area contributed by atoms with Crippen molar-refractivity contribution in [3.8, 4) is 0 Å². The molecule has 0 amide bonds. The van der Waals surface area contributed by atoms with Gasteiger partial charge < -0.3 is 5.32 Å². The van der Waals surface area contributed by atoms with Gasteiger partial charge in [0.15, 0.2) is 0 Å². The number of aromatic nitrogens is 1. The van der Waals surface area contributed by atoms with Crippen molar-refractivity contribution in [1.29, 1.82) is 0 Å². The van der Waals surface area contributed by atoms with Crippen LogP contribution in [0.3, 0.4) is 0 Å². The van der Waals surface area contributed by atoms with E-state index < -0.39 is 0 Å². The van der Waals surface area contributed by atoms with Crippen LogP contribution in [-0.2, 0) is 0 Å². The molecule has 1 aromatic heterocycles. The highest BCUT2D eigenvalue weighted by Gasteiger charge is 2.28. The van der Waals surface area contributed by atoms with Gasteiger partial charge in [0, 0.05) is 15.9 Å². The predicted molar refractivity (Wildman–Crippen MR) is 93.4 cm³/mol. The van der Waals surface area contributed by atoms with Gasteiger partial charge in [-0.25, -0.2) is 4.98 Å². The van der Waals surface area contributed by atoms with Crippen LogP contribution in [0.1, 0.15) is 54.9 Å². The SMILES string of the molecule is CC(C)c1csc(C(NC2CC2)c2ccc(Cl)c(Br)c2)n1. The summed E-state index contributed by atoms with van der Waals surface area (Å²) in [5.74, 6) is 0.466. The highest BCUT2D eigenvalue weighted by atomic mass is 79.9. The zero-order valence-electron chi connectivity index (χ0n) is 12.1. The van der Waals surface area contributed by atoms with Crippen LogP contribution in [0, 0.1) is 0 Å². The topological polar surface area (TPSA) is 24.9 Å². The van der Waals surface area contributed by atoms with Gasteiger partial charge in [-0.05, 0) is 52.4 Å². The Bertz CT molecular complexity index is 637. The van der Waals surface area contributed by atoms with Crippen LogP contribution in [0.4, 0.5) is 0 Å². The minimum Gasteiger partial charge on any atom is -0.301 e. The third kappa shape index (κ3) is 3.67. The molecule has 3 rings (SSSR count). The van der Waals surface area contributed by atoms with Gasteiger partial charge in [-0.3, -0.25) is 0 Å². The fraction of sp³-hybridized carbons (Fsp3) is 0.438. The minimum atomic E-state index is 0.156. The molecule has 0 aliphatic heterocycles. The average Bonchev–Trinajstić information content (AvgIpc) is 3.13. The third-order valence-electron chi connectivity index (χ3n) is 3.63. The summed E-state index contributed by atoms with van der Waals surface area (Å²) in [5, 5.41) is 7.76. The molecular formula is C16H18BrClN2S. The van der Waals surface area contributed by atoms with E-state index in [2.05, 4.69) is 52.6 Å². The van der Waals surface area contributed by atoms with Crippen LogP contribution in [0.5, 0.6) is 0 Å². The van der Waals surface area contributed by atoms with E-state index in [1.807, 2.05) is 6.07 Å². The molecule has 0 bridgehead atoms. The largest absolute Gasteiger partial charge is 0.301 e. The third-order valence-corrected chi connectivity index (χ3v) is 5.78. The molecule has 1 heterocycles. The van der Waals surface area contributed by atoms with Crippen LogP contribution in [-0.4, -0.2) is 11.0 Å². The molecule has 5 heteroatoms. The number of hydrogen-bond acceptors (Lipinski definition) is 3. The van der Waals surface area contributed by atoms with E-state index in [1.165, 1.54) is 24.1 Å². The van der Waals surface area contributed by atoms with Gasteiger partial charge in [-0.1, -0.05) is 31.5 Å². The summed E-state index contributed by atoms with van der Waals surface area (Å²) in [4.78, 5) is 4.83. The highest BCUT2D eigenvalue weighted by Crippen LogP contribution is 2.34. The average molecular weight is 386 g/mol. The fourth-order valence-corrected chi connectivity index (χ4v) is 3.76. The zero-order chi connectivity index (χ0) is 15.0. The summed E-state index contributed by atoms with van der Waals surface area (Å²) in [6.45, 7) is 4.36. The van der Waals surface area contributed by atoms with Gasteiger partial charge in [-0.15, -0.1) is 11.3 Å². The maximum Gasteiger partial charge on any atom is 0.114 e. The van der Waals surface area contributed by atoms with Crippen molar-refractivity contribution in [2.75, 3.05) is 0 Å². The Morgan fingerprint density at radius 3 is 2.71 bits per heavy atom. The van der Waals surface area contributed by atoms with Crippen LogP contribution in [0.2, 0.25) is 5.02 Å². The number of rotatable bonds is 5. The van der Waals surface area contributed by atoms with E-state index in [0.717, 1.165) is 14.5 Å². The Morgan fingerprint density at radius 2 is 2.14 bits per heavy atom. The van der Waals surface area contributed by atoms with Crippen LogP contribution >= 0.6 is 38.9 Å². The summed E-state index contributed by atoms with van der Waals surface area (Å²) >= 11 is 11.4. The molecule has 1 aromatic carbocycles. The Kier molecular flexibility index (Phi) is 4.69. The number of nitrogens with one attached hydrogen (secondary N) is 1. The van der Waals surface area contributed by atoms with Crippen molar-refractivity contribution < 1.29 is 0 Å². The molecule has 1 fully saturated rings. The molecule has 2 aromatic rings. The molecule has 1 saturated carbocycles. The van der Waals surface area contributed by atoms with Crippen molar-refractivity contribution >= 4 is 38.9 Å². The summed E-state index contributed by atoms with van der Waals surface area (Å²) < 4.78 is 0.935. The molecule has 0 spiro atoms. The molecule has 2 nitrogen and oxygen atoms in total. The lowest BCUT2D eigenvalue weighted by Gasteiger charge is -2.17. The van der Waals surface area contributed by atoms with E-state index in [4.69, 9.17) is 16.6 Å². The van der Waals surface area contributed by atoms with E-state index >= 15 is 0 Å². The van der Waals surface area contributed by atoms with Crippen molar-refractivity contribution in [3.05, 3.63) is 49.3 Å². The molecule has 1 unspecified atom stereocenters. The number of hydrogen-bond donors (Lipinski definition) is 1. The lowest BCUT2D eigenvalue weighted by Crippen LogP contribution is -2.24. The van der Waals surface area contributed by atoms with Gasteiger partial charge in [0.2, 0.25) is 0 Å². The second-order valence-corrected chi connectivity index (χ2v) is 7.96. The monoisotopic (exact) mass is 384 g/mol. The number of benzene rings is 1. The second-order valence-electron chi connectivity index (χ2n) is 5.81. The number of thiazole rings is 1. The van der Waals surface area contributed by atoms with E-state index in [1.54, 1.807) is 11.3 Å². The lowest BCUT2D eigenvalue weighted by molar-refractivity contribution is 0.595. The standard InChI is InChI=1S/C16H18BrClN2S/c1-9(2)14-8-21-16(20-14)15(19-11-4-5-11)10-3-6-13(18)12(17)7-10/h3,6-9,11,15,19H,4-5H2,1-2H3.